The van der Waals surface area contributed by atoms with Crippen molar-refractivity contribution in [1.29, 1.82) is 0 Å². The Bertz CT molecular complexity index is 502. The molecule has 0 bridgehead atoms. The van der Waals surface area contributed by atoms with Gasteiger partial charge in [0, 0.05) is 32.2 Å². The Balaban J connectivity index is 2.20. The summed E-state index contributed by atoms with van der Waals surface area (Å²) in [4.78, 5) is 14.1. The molecule has 2 rings (SSSR count). The molecule has 0 atom stereocenters. The number of aromatic nitrogens is 3. The third kappa shape index (κ3) is 2.91. The van der Waals surface area contributed by atoms with E-state index in [1.807, 2.05) is 24.1 Å². The fraction of sp³-hybridized carbons (Fsp3) is 0.182. The van der Waals surface area contributed by atoms with Crippen LogP contribution in [0.25, 0.3) is 0 Å². The van der Waals surface area contributed by atoms with Crippen LogP contribution in [0.2, 0.25) is 0 Å². The number of halogens is 1. The summed E-state index contributed by atoms with van der Waals surface area (Å²) in [6, 6.07) is 3.93. The SMILES string of the molecule is CN(Cc1ccncc1)c1nc(N)ncc1Br. The second kappa shape index (κ2) is 5.09. The number of rotatable bonds is 3. The minimum atomic E-state index is 0.268. The molecule has 17 heavy (non-hydrogen) atoms. The van der Waals surface area contributed by atoms with Crippen molar-refractivity contribution >= 4 is 27.7 Å². The van der Waals surface area contributed by atoms with Gasteiger partial charge in [-0.2, -0.15) is 4.98 Å². The van der Waals surface area contributed by atoms with Gasteiger partial charge in [-0.25, -0.2) is 4.98 Å². The first-order chi connectivity index (χ1) is 8.16. The predicted octanol–water partition coefficient (Wildman–Crippen LogP) is 1.85. The molecule has 5 nitrogen and oxygen atoms in total. The number of pyridine rings is 1. The van der Waals surface area contributed by atoms with Gasteiger partial charge in [0.25, 0.3) is 0 Å². The number of nitrogen functional groups attached to an aromatic ring is 1. The molecular weight excluding hydrogens is 282 g/mol. The lowest BCUT2D eigenvalue weighted by atomic mass is 10.2. The van der Waals surface area contributed by atoms with Crippen LogP contribution in [0.3, 0.4) is 0 Å². The number of hydrogen-bond donors (Lipinski definition) is 1. The van der Waals surface area contributed by atoms with Gasteiger partial charge in [-0.3, -0.25) is 4.98 Å². The van der Waals surface area contributed by atoms with Crippen molar-refractivity contribution in [2.24, 2.45) is 0 Å². The molecule has 0 unspecified atom stereocenters. The molecule has 2 aromatic heterocycles. The second-order valence-electron chi connectivity index (χ2n) is 3.61. The zero-order valence-electron chi connectivity index (χ0n) is 9.34. The summed E-state index contributed by atoms with van der Waals surface area (Å²) in [6.45, 7) is 0.734. The molecule has 0 aliphatic carbocycles. The van der Waals surface area contributed by atoms with Crippen LogP contribution in [0.15, 0.2) is 35.2 Å². The van der Waals surface area contributed by atoms with E-state index in [1.54, 1.807) is 18.6 Å². The maximum atomic E-state index is 5.58. The smallest absolute Gasteiger partial charge is 0.222 e. The maximum Gasteiger partial charge on any atom is 0.222 e. The van der Waals surface area contributed by atoms with Crippen LogP contribution in [0.1, 0.15) is 5.56 Å². The quantitative estimate of drug-likeness (QED) is 0.935. The first-order valence-corrected chi connectivity index (χ1v) is 5.84. The first-order valence-electron chi connectivity index (χ1n) is 5.05. The molecule has 6 heteroatoms. The Labute approximate surface area is 108 Å². The highest BCUT2D eigenvalue weighted by Crippen LogP contribution is 2.23. The molecule has 0 amide bonds. The lowest BCUT2D eigenvalue weighted by Gasteiger charge is -2.19. The lowest BCUT2D eigenvalue weighted by molar-refractivity contribution is 0.886. The molecule has 0 aliphatic rings. The van der Waals surface area contributed by atoms with Gasteiger partial charge in [0.05, 0.1) is 4.47 Å². The molecule has 2 aromatic rings. The van der Waals surface area contributed by atoms with Crippen LogP contribution >= 0.6 is 15.9 Å². The van der Waals surface area contributed by atoms with Crippen LogP contribution < -0.4 is 10.6 Å². The zero-order valence-corrected chi connectivity index (χ0v) is 10.9. The number of hydrogen-bond acceptors (Lipinski definition) is 5. The summed E-state index contributed by atoms with van der Waals surface area (Å²) in [7, 11) is 1.95. The normalized spacial score (nSPS) is 10.2. The van der Waals surface area contributed by atoms with E-state index >= 15 is 0 Å². The Hall–Kier alpha value is -1.69. The van der Waals surface area contributed by atoms with Crippen LogP contribution in [0, 0.1) is 0 Å². The molecule has 0 aromatic carbocycles. The van der Waals surface area contributed by atoms with Crippen molar-refractivity contribution in [2.75, 3.05) is 17.7 Å². The van der Waals surface area contributed by atoms with Crippen LogP contribution in [-0.2, 0) is 6.54 Å². The van der Waals surface area contributed by atoms with E-state index in [9.17, 15) is 0 Å². The summed E-state index contributed by atoms with van der Waals surface area (Å²) < 4.78 is 0.822. The van der Waals surface area contributed by atoms with Crippen molar-refractivity contribution in [3.05, 3.63) is 40.8 Å². The highest BCUT2D eigenvalue weighted by atomic mass is 79.9. The minimum Gasteiger partial charge on any atom is -0.368 e. The second-order valence-corrected chi connectivity index (χ2v) is 4.47. The largest absolute Gasteiger partial charge is 0.368 e. The molecule has 88 valence electrons. The van der Waals surface area contributed by atoms with Crippen molar-refractivity contribution in [1.82, 2.24) is 15.0 Å². The Morgan fingerprint density at radius 2 is 2.06 bits per heavy atom. The summed E-state index contributed by atoms with van der Waals surface area (Å²) >= 11 is 3.41. The molecule has 2 N–H and O–H groups in total. The third-order valence-corrected chi connectivity index (χ3v) is 2.83. The van der Waals surface area contributed by atoms with Crippen LogP contribution in [-0.4, -0.2) is 22.0 Å². The van der Waals surface area contributed by atoms with Crippen molar-refractivity contribution in [2.45, 2.75) is 6.54 Å². The molecule has 0 aliphatic heterocycles. The van der Waals surface area contributed by atoms with Crippen LogP contribution in [0.5, 0.6) is 0 Å². The molecule has 0 saturated heterocycles. The maximum absolute atomic E-state index is 5.58. The van der Waals surface area contributed by atoms with Gasteiger partial charge in [0.15, 0.2) is 0 Å². The molecule has 0 radical (unpaired) electrons. The van der Waals surface area contributed by atoms with Gasteiger partial charge in [0.2, 0.25) is 5.95 Å². The molecule has 0 saturated carbocycles. The first kappa shape index (κ1) is 11.8. The zero-order chi connectivity index (χ0) is 12.3. The Morgan fingerprint density at radius 3 is 2.76 bits per heavy atom. The minimum absolute atomic E-state index is 0.268. The van der Waals surface area contributed by atoms with E-state index in [2.05, 4.69) is 30.9 Å². The third-order valence-electron chi connectivity index (χ3n) is 2.27. The molecule has 2 heterocycles. The van der Waals surface area contributed by atoms with Gasteiger partial charge < -0.3 is 10.6 Å². The van der Waals surface area contributed by atoms with E-state index in [-0.39, 0.29) is 5.95 Å². The fourth-order valence-electron chi connectivity index (χ4n) is 1.48. The highest BCUT2D eigenvalue weighted by molar-refractivity contribution is 9.10. The van der Waals surface area contributed by atoms with Gasteiger partial charge in [-0.1, -0.05) is 0 Å². The van der Waals surface area contributed by atoms with E-state index in [1.165, 1.54) is 0 Å². The Kier molecular flexibility index (Phi) is 3.53. The van der Waals surface area contributed by atoms with Gasteiger partial charge in [-0.15, -0.1) is 0 Å². The Morgan fingerprint density at radius 1 is 1.35 bits per heavy atom. The fourth-order valence-corrected chi connectivity index (χ4v) is 1.97. The summed E-state index contributed by atoms with van der Waals surface area (Å²) in [5, 5.41) is 0. The molecule has 0 spiro atoms. The number of nitrogens with zero attached hydrogens (tertiary/aromatic N) is 4. The van der Waals surface area contributed by atoms with Crippen LogP contribution in [0.4, 0.5) is 11.8 Å². The monoisotopic (exact) mass is 293 g/mol. The predicted molar refractivity (Wildman–Crippen MR) is 70.5 cm³/mol. The van der Waals surface area contributed by atoms with Crippen molar-refractivity contribution < 1.29 is 0 Å². The van der Waals surface area contributed by atoms with Gasteiger partial charge in [0.1, 0.15) is 5.82 Å². The summed E-state index contributed by atoms with van der Waals surface area (Å²) in [6.07, 6.45) is 5.19. The van der Waals surface area contributed by atoms with E-state index in [0.717, 1.165) is 22.4 Å². The van der Waals surface area contributed by atoms with Crippen molar-refractivity contribution in [3.8, 4) is 0 Å². The average Bonchev–Trinajstić information content (AvgIpc) is 2.33. The van der Waals surface area contributed by atoms with Gasteiger partial charge in [-0.05, 0) is 33.6 Å². The number of anilines is 2. The highest BCUT2D eigenvalue weighted by Gasteiger charge is 2.09. The summed E-state index contributed by atoms with van der Waals surface area (Å²) in [5.74, 6) is 1.04. The van der Waals surface area contributed by atoms with Crippen molar-refractivity contribution in [3.63, 3.8) is 0 Å². The summed E-state index contributed by atoms with van der Waals surface area (Å²) in [5.41, 5.74) is 6.74. The molecular formula is C11H12BrN5. The number of nitrogens with two attached hydrogens (primary N) is 1. The average molecular weight is 294 g/mol. The standard InChI is InChI=1S/C11H12BrN5/c1-17(7-8-2-4-14-5-3-8)10-9(12)6-15-11(13)16-10/h2-6H,7H2,1H3,(H2,13,15,16). The van der Waals surface area contributed by atoms with E-state index in [0.29, 0.717) is 0 Å². The van der Waals surface area contributed by atoms with Gasteiger partial charge >= 0.3 is 0 Å². The van der Waals surface area contributed by atoms with E-state index < -0.39 is 0 Å². The lowest BCUT2D eigenvalue weighted by Crippen LogP contribution is -2.19. The topological polar surface area (TPSA) is 67.9 Å². The van der Waals surface area contributed by atoms with E-state index in [4.69, 9.17) is 5.73 Å². The molecule has 0 fully saturated rings.